The number of aliphatic hydroxyl groups excluding tert-OH is 1. The van der Waals surface area contributed by atoms with Crippen LogP contribution in [0.15, 0.2) is 48.7 Å². The standard InChI is InChI=1S/C17H16N2O/c1-11-16(12(2)20)10-18-17(19-11)15-8-7-13-5-3-4-6-14(13)9-15/h3-10,12,20H,1-2H3. The van der Waals surface area contributed by atoms with Gasteiger partial charge in [0.15, 0.2) is 5.82 Å². The molecule has 0 saturated heterocycles. The maximum absolute atomic E-state index is 9.63. The molecule has 3 aromatic rings. The fourth-order valence-electron chi connectivity index (χ4n) is 2.35. The van der Waals surface area contributed by atoms with Crippen molar-refractivity contribution in [2.24, 2.45) is 0 Å². The van der Waals surface area contributed by atoms with Gasteiger partial charge in [-0.1, -0.05) is 36.4 Å². The average Bonchev–Trinajstić information content (AvgIpc) is 2.46. The van der Waals surface area contributed by atoms with Crippen LogP contribution in [0.2, 0.25) is 0 Å². The number of nitrogens with zero attached hydrogens (tertiary/aromatic N) is 2. The first-order chi connectivity index (χ1) is 9.65. The predicted molar refractivity (Wildman–Crippen MR) is 80.3 cm³/mol. The Morgan fingerprint density at radius 1 is 1.05 bits per heavy atom. The van der Waals surface area contributed by atoms with E-state index in [2.05, 4.69) is 34.2 Å². The molecule has 1 atom stereocenters. The zero-order chi connectivity index (χ0) is 14.1. The summed E-state index contributed by atoms with van der Waals surface area (Å²) >= 11 is 0. The lowest BCUT2D eigenvalue weighted by molar-refractivity contribution is 0.197. The fourth-order valence-corrected chi connectivity index (χ4v) is 2.35. The van der Waals surface area contributed by atoms with Crippen molar-refractivity contribution < 1.29 is 5.11 Å². The van der Waals surface area contributed by atoms with Crippen molar-refractivity contribution in [3.63, 3.8) is 0 Å². The molecule has 0 bridgehead atoms. The number of benzene rings is 2. The van der Waals surface area contributed by atoms with Crippen molar-refractivity contribution in [3.05, 3.63) is 59.9 Å². The summed E-state index contributed by atoms with van der Waals surface area (Å²) in [5.74, 6) is 0.692. The first kappa shape index (κ1) is 12.8. The Morgan fingerprint density at radius 3 is 2.50 bits per heavy atom. The molecule has 3 heteroatoms. The van der Waals surface area contributed by atoms with Gasteiger partial charge < -0.3 is 5.11 Å². The van der Waals surface area contributed by atoms with E-state index >= 15 is 0 Å². The minimum absolute atomic E-state index is 0.541. The summed E-state index contributed by atoms with van der Waals surface area (Å²) in [6.45, 7) is 3.62. The monoisotopic (exact) mass is 264 g/mol. The molecule has 100 valence electrons. The Kier molecular flexibility index (Phi) is 3.20. The molecular weight excluding hydrogens is 248 g/mol. The number of aliphatic hydroxyl groups is 1. The summed E-state index contributed by atoms with van der Waals surface area (Å²) in [6, 6.07) is 14.4. The average molecular weight is 264 g/mol. The van der Waals surface area contributed by atoms with Crippen LogP contribution in [0.4, 0.5) is 0 Å². The molecule has 3 nitrogen and oxygen atoms in total. The van der Waals surface area contributed by atoms with Crippen molar-refractivity contribution in [2.45, 2.75) is 20.0 Å². The molecule has 20 heavy (non-hydrogen) atoms. The molecule has 0 saturated carbocycles. The van der Waals surface area contributed by atoms with Crippen LogP contribution >= 0.6 is 0 Å². The van der Waals surface area contributed by atoms with Crippen LogP contribution in [0, 0.1) is 6.92 Å². The lowest BCUT2D eigenvalue weighted by Crippen LogP contribution is -2.01. The van der Waals surface area contributed by atoms with E-state index in [1.54, 1.807) is 13.1 Å². The molecule has 1 aromatic heterocycles. The van der Waals surface area contributed by atoms with Gasteiger partial charge in [0.25, 0.3) is 0 Å². The van der Waals surface area contributed by atoms with Crippen molar-refractivity contribution in [3.8, 4) is 11.4 Å². The lowest BCUT2D eigenvalue weighted by atomic mass is 10.1. The molecule has 3 rings (SSSR count). The third-order valence-electron chi connectivity index (χ3n) is 3.48. The highest BCUT2D eigenvalue weighted by Gasteiger charge is 2.09. The van der Waals surface area contributed by atoms with Crippen molar-refractivity contribution in [1.82, 2.24) is 9.97 Å². The topological polar surface area (TPSA) is 46.0 Å². The normalized spacial score (nSPS) is 12.6. The number of fused-ring (bicyclic) bond motifs is 1. The van der Waals surface area contributed by atoms with Crippen LogP contribution < -0.4 is 0 Å². The SMILES string of the molecule is Cc1nc(-c2ccc3ccccc3c2)ncc1C(C)O. The van der Waals surface area contributed by atoms with Crippen LogP contribution in [-0.4, -0.2) is 15.1 Å². The Labute approximate surface area is 117 Å². The first-order valence-electron chi connectivity index (χ1n) is 6.66. The van der Waals surface area contributed by atoms with Crippen molar-refractivity contribution >= 4 is 10.8 Å². The number of hydrogen-bond acceptors (Lipinski definition) is 3. The summed E-state index contributed by atoms with van der Waals surface area (Å²) in [5, 5.41) is 12.0. The van der Waals surface area contributed by atoms with Crippen LogP contribution in [-0.2, 0) is 0 Å². The Bertz CT molecular complexity index is 766. The van der Waals surface area contributed by atoms with E-state index in [0.29, 0.717) is 5.82 Å². The summed E-state index contributed by atoms with van der Waals surface area (Å²) < 4.78 is 0. The van der Waals surface area contributed by atoms with Gasteiger partial charge in [0.05, 0.1) is 6.10 Å². The Morgan fingerprint density at radius 2 is 1.80 bits per heavy atom. The second-order valence-electron chi connectivity index (χ2n) is 4.97. The number of rotatable bonds is 2. The molecule has 1 N–H and O–H groups in total. The van der Waals surface area contributed by atoms with Crippen LogP contribution in [0.5, 0.6) is 0 Å². The van der Waals surface area contributed by atoms with E-state index in [-0.39, 0.29) is 0 Å². The Balaban J connectivity index is 2.08. The maximum atomic E-state index is 9.63. The first-order valence-corrected chi connectivity index (χ1v) is 6.66. The number of aryl methyl sites for hydroxylation is 1. The largest absolute Gasteiger partial charge is 0.389 e. The molecule has 1 unspecified atom stereocenters. The van der Waals surface area contributed by atoms with E-state index in [9.17, 15) is 5.11 Å². The summed E-state index contributed by atoms with van der Waals surface area (Å²) in [7, 11) is 0. The molecule has 0 radical (unpaired) electrons. The summed E-state index contributed by atoms with van der Waals surface area (Å²) in [6.07, 6.45) is 1.16. The van der Waals surface area contributed by atoms with E-state index < -0.39 is 6.10 Å². The summed E-state index contributed by atoms with van der Waals surface area (Å²) in [5.41, 5.74) is 2.58. The fraction of sp³-hybridized carbons (Fsp3) is 0.176. The van der Waals surface area contributed by atoms with Gasteiger partial charge in [-0.15, -0.1) is 0 Å². The van der Waals surface area contributed by atoms with Crippen LogP contribution in [0.3, 0.4) is 0 Å². The molecule has 0 spiro atoms. The molecule has 1 heterocycles. The molecular formula is C17H16N2O. The van der Waals surface area contributed by atoms with Crippen molar-refractivity contribution in [2.75, 3.05) is 0 Å². The Hall–Kier alpha value is -2.26. The number of hydrogen-bond donors (Lipinski definition) is 1. The van der Waals surface area contributed by atoms with Gasteiger partial charge >= 0.3 is 0 Å². The molecule has 0 aliphatic carbocycles. The molecule has 0 fully saturated rings. The zero-order valence-corrected chi connectivity index (χ0v) is 11.5. The molecule has 0 aliphatic rings. The maximum Gasteiger partial charge on any atom is 0.159 e. The smallest absolute Gasteiger partial charge is 0.159 e. The van der Waals surface area contributed by atoms with E-state index in [0.717, 1.165) is 16.8 Å². The third kappa shape index (κ3) is 2.28. The minimum Gasteiger partial charge on any atom is -0.389 e. The van der Waals surface area contributed by atoms with Gasteiger partial charge in [-0.05, 0) is 30.7 Å². The van der Waals surface area contributed by atoms with Gasteiger partial charge in [-0.25, -0.2) is 9.97 Å². The van der Waals surface area contributed by atoms with Gasteiger partial charge in [-0.2, -0.15) is 0 Å². The second kappa shape index (κ2) is 5.02. The minimum atomic E-state index is -0.541. The van der Waals surface area contributed by atoms with Crippen molar-refractivity contribution in [1.29, 1.82) is 0 Å². The second-order valence-corrected chi connectivity index (χ2v) is 4.97. The molecule has 0 amide bonds. The van der Waals surface area contributed by atoms with Gasteiger partial charge in [0, 0.05) is 23.0 Å². The molecule has 0 aliphatic heterocycles. The highest BCUT2D eigenvalue weighted by Crippen LogP contribution is 2.23. The summed E-state index contributed by atoms with van der Waals surface area (Å²) in [4.78, 5) is 8.87. The predicted octanol–water partition coefficient (Wildman–Crippen LogP) is 3.66. The van der Waals surface area contributed by atoms with E-state index in [1.807, 2.05) is 25.1 Å². The number of aromatic nitrogens is 2. The lowest BCUT2D eigenvalue weighted by Gasteiger charge is -2.09. The van der Waals surface area contributed by atoms with Gasteiger partial charge in [0.2, 0.25) is 0 Å². The highest BCUT2D eigenvalue weighted by atomic mass is 16.3. The third-order valence-corrected chi connectivity index (χ3v) is 3.48. The zero-order valence-electron chi connectivity index (χ0n) is 11.5. The quantitative estimate of drug-likeness (QED) is 0.768. The van der Waals surface area contributed by atoms with Gasteiger partial charge in [-0.3, -0.25) is 0 Å². The highest BCUT2D eigenvalue weighted by molar-refractivity contribution is 5.86. The van der Waals surface area contributed by atoms with E-state index in [1.165, 1.54) is 10.8 Å². The molecule has 2 aromatic carbocycles. The van der Waals surface area contributed by atoms with E-state index in [4.69, 9.17) is 0 Å². The van der Waals surface area contributed by atoms with Gasteiger partial charge in [0.1, 0.15) is 0 Å². The van der Waals surface area contributed by atoms with Crippen LogP contribution in [0.25, 0.3) is 22.2 Å². The van der Waals surface area contributed by atoms with Crippen LogP contribution in [0.1, 0.15) is 24.3 Å².